The quantitative estimate of drug-likeness (QED) is 0.873. The molecule has 2 N–H and O–H groups in total. The monoisotopic (exact) mass is 299 g/mol. The maximum absolute atomic E-state index is 11.6. The van der Waals surface area contributed by atoms with Crippen LogP contribution in [0.15, 0.2) is 28.7 Å². The van der Waals surface area contributed by atoms with E-state index in [-0.39, 0.29) is 12.3 Å². The number of rotatable bonds is 5. The van der Waals surface area contributed by atoms with Crippen LogP contribution in [0.3, 0.4) is 0 Å². The van der Waals surface area contributed by atoms with Gasteiger partial charge in [-0.1, -0.05) is 35.0 Å². The number of carboxylic acid groups (broad SMARTS) is 1. The molecule has 0 aliphatic heterocycles. The molecular formula is C12H14BrNO3. The molecule has 0 saturated heterocycles. The SMILES string of the molecule is CCC(NC(=O)Cc1cccc(Br)c1)C(=O)O. The first kappa shape index (κ1) is 13.7. The molecule has 0 bridgehead atoms. The zero-order valence-corrected chi connectivity index (χ0v) is 11.0. The van der Waals surface area contributed by atoms with E-state index in [2.05, 4.69) is 21.2 Å². The molecule has 0 heterocycles. The Morgan fingerprint density at radius 1 is 1.47 bits per heavy atom. The van der Waals surface area contributed by atoms with E-state index in [1.54, 1.807) is 6.92 Å². The average Bonchev–Trinajstić information content (AvgIpc) is 2.25. The van der Waals surface area contributed by atoms with Crippen molar-refractivity contribution in [2.24, 2.45) is 0 Å². The molecule has 1 aromatic rings. The van der Waals surface area contributed by atoms with Crippen LogP contribution < -0.4 is 5.32 Å². The third-order valence-corrected chi connectivity index (χ3v) is 2.79. The van der Waals surface area contributed by atoms with Crippen LogP contribution in [-0.4, -0.2) is 23.0 Å². The van der Waals surface area contributed by atoms with Crippen molar-refractivity contribution in [1.29, 1.82) is 0 Å². The van der Waals surface area contributed by atoms with E-state index in [1.165, 1.54) is 0 Å². The average molecular weight is 300 g/mol. The number of aliphatic carboxylic acids is 1. The summed E-state index contributed by atoms with van der Waals surface area (Å²) in [5, 5.41) is 11.3. The lowest BCUT2D eigenvalue weighted by Gasteiger charge is -2.12. The van der Waals surface area contributed by atoms with Gasteiger partial charge >= 0.3 is 5.97 Å². The van der Waals surface area contributed by atoms with Gasteiger partial charge in [0, 0.05) is 4.47 Å². The van der Waals surface area contributed by atoms with Gasteiger partial charge in [0.25, 0.3) is 0 Å². The highest BCUT2D eigenvalue weighted by molar-refractivity contribution is 9.10. The van der Waals surface area contributed by atoms with Gasteiger partial charge in [-0.3, -0.25) is 4.79 Å². The Labute approximate surface area is 108 Å². The first-order chi connectivity index (χ1) is 8.02. The predicted molar refractivity (Wildman–Crippen MR) is 67.7 cm³/mol. The van der Waals surface area contributed by atoms with Crippen molar-refractivity contribution in [1.82, 2.24) is 5.32 Å². The highest BCUT2D eigenvalue weighted by Crippen LogP contribution is 2.12. The van der Waals surface area contributed by atoms with E-state index in [9.17, 15) is 9.59 Å². The standard InChI is InChI=1S/C12H14BrNO3/c1-2-10(12(16)17)14-11(15)7-8-4-3-5-9(13)6-8/h3-6,10H,2,7H2,1H3,(H,14,15)(H,16,17). The largest absolute Gasteiger partial charge is 0.480 e. The van der Waals surface area contributed by atoms with E-state index in [1.807, 2.05) is 24.3 Å². The molecule has 0 aromatic heterocycles. The summed E-state index contributed by atoms with van der Waals surface area (Å²) in [7, 11) is 0. The minimum Gasteiger partial charge on any atom is -0.480 e. The van der Waals surface area contributed by atoms with E-state index in [0.717, 1.165) is 10.0 Å². The molecule has 0 aliphatic rings. The van der Waals surface area contributed by atoms with Crippen molar-refractivity contribution in [2.45, 2.75) is 25.8 Å². The molecule has 1 aromatic carbocycles. The summed E-state index contributed by atoms with van der Waals surface area (Å²) < 4.78 is 0.896. The van der Waals surface area contributed by atoms with Gasteiger partial charge in [0.1, 0.15) is 6.04 Å². The Kier molecular flexibility index (Phi) is 5.15. The number of benzene rings is 1. The van der Waals surface area contributed by atoms with Crippen molar-refractivity contribution in [3.63, 3.8) is 0 Å². The van der Waals surface area contributed by atoms with Crippen LogP contribution in [0, 0.1) is 0 Å². The van der Waals surface area contributed by atoms with Crippen LogP contribution in [0.2, 0.25) is 0 Å². The fraction of sp³-hybridized carbons (Fsp3) is 0.333. The molecule has 0 fully saturated rings. The second kappa shape index (κ2) is 6.39. The Morgan fingerprint density at radius 2 is 2.18 bits per heavy atom. The summed E-state index contributed by atoms with van der Waals surface area (Å²) in [5.41, 5.74) is 0.845. The fourth-order valence-electron chi connectivity index (χ4n) is 1.42. The van der Waals surface area contributed by atoms with Gasteiger partial charge in [-0.25, -0.2) is 4.79 Å². The molecule has 4 nitrogen and oxygen atoms in total. The van der Waals surface area contributed by atoms with Crippen LogP contribution in [0.5, 0.6) is 0 Å². The van der Waals surface area contributed by atoms with E-state index in [4.69, 9.17) is 5.11 Å². The maximum atomic E-state index is 11.6. The Morgan fingerprint density at radius 3 is 2.71 bits per heavy atom. The minimum atomic E-state index is -1.00. The molecule has 1 rings (SSSR count). The van der Waals surface area contributed by atoms with Crippen LogP contribution >= 0.6 is 15.9 Å². The molecule has 0 radical (unpaired) electrons. The van der Waals surface area contributed by atoms with Gasteiger partial charge in [-0.05, 0) is 24.1 Å². The lowest BCUT2D eigenvalue weighted by atomic mass is 10.1. The van der Waals surface area contributed by atoms with Crippen LogP contribution in [0.1, 0.15) is 18.9 Å². The lowest BCUT2D eigenvalue weighted by Crippen LogP contribution is -2.40. The number of halogens is 1. The van der Waals surface area contributed by atoms with Crippen molar-refractivity contribution in [2.75, 3.05) is 0 Å². The highest BCUT2D eigenvalue weighted by Gasteiger charge is 2.17. The van der Waals surface area contributed by atoms with Gasteiger partial charge in [0.2, 0.25) is 5.91 Å². The number of carbonyl (C=O) groups excluding carboxylic acids is 1. The molecule has 1 atom stereocenters. The summed E-state index contributed by atoms with van der Waals surface area (Å²) >= 11 is 3.31. The van der Waals surface area contributed by atoms with Crippen molar-refractivity contribution < 1.29 is 14.7 Å². The third kappa shape index (κ3) is 4.56. The van der Waals surface area contributed by atoms with Crippen LogP contribution in [-0.2, 0) is 16.0 Å². The van der Waals surface area contributed by atoms with Gasteiger partial charge < -0.3 is 10.4 Å². The molecule has 1 unspecified atom stereocenters. The number of nitrogens with one attached hydrogen (secondary N) is 1. The van der Waals surface area contributed by atoms with Gasteiger partial charge in [0.15, 0.2) is 0 Å². The van der Waals surface area contributed by atoms with Crippen LogP contribution in [0.25, 0.3) is 0 Å². The zero-order chi connectivity index (χ0) is 12.8. The number of hydrogen-bond acceptors (Lipinski definition) is 2. The molecular weight excluding hydrogens is 286 g/mol. The maximum Gasteiger partial charge on any atom is 0.326 e. The number of hydrogen-bond donors (Lipinski definition) is 2. The second-order valence-electron chi connectivity index (χ2n) is 3.67. The smallest absolute Gasteiger partial charge is 0.326 e. The topological polar surface area (TPSA) is 66.4 Å². The van der Waals surface area contributed by atoms with Crippen molar-refractivity contribution in [3.05, 3.63) is 34.3 Å². The molecule has 92 valence electrons. The molecule has 0 spiro atoms. The Hall–Kier alpha value is -1.36. The summed E-state index contributed by atoms with van der Waals surface area (Å²) in [6.45, 7) is 1.72. The molecule has 0 aliphatic carbocycles. The van der Waals surface area contributed by atoms with Gasteiger partial charge in [0.05, 0.1) is 6.42 Å². The first-order valence-corrected chi connectivity index (χ1v) is 6.09. The fourth-order valence-corrected chi connectivity index (χ4v) is 1.86. The van der Waals surface area contributed by atoms with Crippen LogP contribution in [0.4, 0.5) is 0 Å². The molecule has 0 saturated carbocycles. The van der Waals surface area contributed by atoms with E-state index < -0.39 is 12.0 Å². The number of amides is 1. The zero-order valence-electron chi connectivity index (χ0n) is 9.44. The third-order valence-electron chi connectivity index (χ3n) is 2.30. The Bertz CT molecular complexity index is 420. The van der Waals surface area contributed by atoms with Gasteiger partial charge in [-0.15, -0.1) is 0 Å². The summed E-state index contributed by atoms with van der Waals surface area (Å²) in [6, 6.07) is 6.55. The van der Waals surface area contributed by atoms with E-state index in [0.29, 0.717) is 6.42 Å². The summed E-state index contributed by atoms with van der Waals surface area (Å²) in [6.07, 6.45) is 0.558. The number of carboxylic acids is 1. The molecule has 5 heteroatoms. The molecule has 17 heavy (non-hydrogen) atoms. The van der Waals surface area contributed by atoms with E-state index >= 15 is 0 Å². The van der Waals surface area contributed by atoms with Crippen molar-refractivity contribution >= 4 is 27.8 Å². The second-order valence-corrected chi connectivity index (χ2v) is 4.59. The minimum absolute atomic E-state index is 0.184. The Balaban J connectivity index is 2.58. The summed E-state index contributed by atoms with van der Waals surface area (Å²) in [4.78, 5) is 22.4. The normalized spacial score (nSPS) is 11.9. The van der Waals surface area contributed by atoms with Crippen molar-refractivity contribution in [3.8, 4) is 0 Å². The number of carbonyl (C=O) groups is 2. The molecule has 1 amide bonds. The van der Waals surface area contributed by atoms with Gasteiger partial charge in [-0.2, -0.15) is 0 Å². The lowest BCUT2D eigenvalue weighted by molar-refractivity contribution is -0.141. The predicted octanol–water partition coefficient (Wildman–Crippen LogP) is 1.97. The highest BCUT2D eigenvalue weighted by atomic mass is 79.9. The summed E-state index contributed by atoms with van der Waals surface area (Å²) in [5.74, 6) is -1.28. The first-order valence-electron chi connectivity index (χ1n) is 5.29.